The van der Waals surface area contributed by atoms with Crippen molar-refractivity contribution < 1.29 is 4.39 Å². The molecule has 0 saturated carbocycles. The zero-order valence-corrected chi connectivity index (χ0v) is 14.0. The molecular weight excluding hydrogens is 321 g/mol. The standard InChI is InChI=1S/C18H16FN5O/c1-18(2,11-5-7-14(19)20-9-11)10-4-6-13-12(8-10)15-16(23-22-13)24(3)17(25)21-15/h4-9H,1-3H3,(H,21,25). The van der Waals surface area contributed by atoms with E-state index in [2.05, 4.69) is 20.2 Å². The lowest BCUT2D eigenvalue weighted by Gasteiger charge is -2.26. The molecule has 0 unspecified atom stereocenters. The second kappa shape index (κ2) is 5.20. The van der Waals surface area contributed by atoms with Gasteiger partial charge in [0.15, 0.2) is 5.65 Å². The summed E-state index contributed by atoms with van der Waals surface area (Å²) in [6, 6.07) is 8.92. The quantitative estimate of drug-likeness (QED) is 0.571. The van der Waals surface area contributed by atoms with Crippen LogP contribution in [0.1, 0.15) is 25.0 Å². The van der Waals surface area contributed by atoms with Crippen LogP contribution in [0.2, 0.25) is 0 Å². The van der Waals surface area contributed by atoms with Gasteiger partial charge in [0.2, 0.25) is 5.95 Å². The Morgan fingerprint density at radius 3 is 2.60 bits per heavy atom. The van der Waals surface area contributed by atoms with Crippen molar-refractivity contribution in [2.24, 2.45) is 7.05 Å². The van der Waals surface area contributed by atoms with E-state index in [-0.39, 0.29) is 11.1 Å². The molecule has 3 heterocycles. The van der Waals surface area contributed by atoms with Crippen molar-refractivity contribution in [1.82, 2.24) is 24.7 Å². The van der Waals surface area contributed by atoms with Crippen molar-refractivity contribution >= 4 is 22.1 Å². The van der Waals surface area contributed by atoms with Crippen LogP contribution in [0.25, 0.3) is 22.1 Å². The number of fused-ring (bicyclic) bond motifs is 3. The number of rotatable bonds is 2. The highest BCUT2D eigenvalue weighted by atomic mass is 19.1. The molecule has 0 aliphatic heterocycles. The normalized spacial score (nSPS) is 12.2. The Morgan fingerprint density at radius 1 is 1.12 bits per heavy atom. The van der Waals surface area contributed by atoms with E-state index in [1.165, 1.54) is 10.6 Å². The van der Waals surface area contributed by atoms with Crippen LogP contribution < -0.4 is 5.69 Å². The highest BCUT2D eigenvalue weighted by Gasteiger charge is 2.24. The van der Waals surface area contributed by atoms with Gasteiger partial charge in [0.1, 0.15) is 0 Å². The van der Waals surface area contributed by atoms with Gasteiger partial charge in [-0.2, -0.15) is 4.39 Å². The number of halogens is 1. The SMILES string of the molecule is Cn1c(=O)[nH]c2c3cc(C(C)(C)c4ccc(F)nc4)ccc3nnc21. The van der Waals surface area contributed by atoms with Crippen LogP contribution >= 0.6 is 0 Å². The van der Waals surface area contributed by atoms with Crippen molar-refractivity contribution in [3.63, 3.8) is 0 Å². The molecule has 7 heteroatoms. The molecule has 0 aliphatic carbocycles. The summed E-state index contributed by atoms with van der Waals surface area (Å²) in [4.78, 5) is 18.5. The minimum atomic E-state index is -0.503. The van der Waals surface area contributed by atoms with Gasteiger partial charge in [0.05, 0.1) is 11.0 Å². The van der Waals surface area contributed by atoms with Crippen LogP contribution in [0.4, 0.5) is 4.39 Å². The predicted molar refractivity (Wildman–Crippen MR) is 93.0 cm³/mol. The highest BCUT2D eigenvalue weighted by molar-refractivity contribution is 6.00. The number of H-pyrrole nitrogens is 1. The molecule has 0 amide bonds. The second-order valence-electron chi connectivity index (χ2n) is 6.61. The Balaban J connectivity index is 1.96. The molecule has 1 aromatic carbocycles. The van der Waals surface area contributed by atoms with Crippen molar-refractivity contribution in [2.75, 3.05) is 0 Å². The number of pyridine rings is 1. The van der Waals surface area contributed by atoms with Crippen LogP contribution in [0.3, 0.4) is 0 Å². The zero-order valence-electron chi connectivity index (χ0n) is 14.0. The fraction of sp³-hybridized carbons (Fsp3) is 0.222. The smallest absolute Gasteiger partial charge is 0.303 e. The summed E-state index contributed by atoms with van der Waals surface area (Å²) >= 11 is 0. The maximum Gasteiger partial charge on any atom is 0.327 e. The van der Waals surface area contributed by atoms with E-state index in [1.54, 1.807) is 19.3 Å². The van der Waals surface area contributed by atoms with E-state index in [9.17, 15) is 9.18 Å². The predicted octanol–water partition coefficient (Wildman–Crippen LogP) is 2.67. The zero-order chi connectivity index (χ0) is 17.8. The van der Waals surface area contributed by atoms with Gasteiger partial charge in [0.25, 0.3) is 0 Å². The largest absolute Gasteiger partial charge is 0.327 e. The third kappa shape index (κ3) is 2.31. The van der Waals surface area contributed by atoms with Crippen LogP contribution in [0.5, 0.6) is 0 Å². The monoisotopic (exact) mass is 337 g/mol. The molecule has 0 radical (unpaired) electrons. The average molecular weight is 337 g/mol. The van der Waals surface area contributed by atoms with Crippen LogP contribution in [0, 0.1) is 5.95 Å². The van der Waals surface area contributed by atoms with Gasteiger partial charge >= 0.3 is 5.69 Å². The van der Waals surface area contributed by atoms with E-state index < -0.39 is 5.95 Å². The summed E-state index contributed by atoms with van der Waals surface area (Å²) in [7, 11) is 1.65. The number of aromatic amines is 1. The molecule has 0 saturated heterocycles. The molecule has 0 bridgehead atoms. The first kappa shape index (κ1) is 15.4. The molecule has 126 valence electrons. The fourth-order valence-electron chi connectivity index (χ4n) is 3.04. The number of nitrogens with zero attached hydrogens (tertiary/aromatic N) is 4. The maximum absolute atomic E-state index is 13.1. The summed E-state index contributed by atoms with van der Waals surface area (Å²) in [5, 5.41) is 9.14. The average Bonchev–Trinajstić information content (AvgIpc) is 2.90. The molecule has 3 aromatic heterocycles. The maximum atomic E-state index is 13.1. The summed E-state index contributed by atoms with van der Waals surface area (Å²) in [5.41, 5.74) is 3.15. The van der Waals surface area contributed by atoms with Crippen LogP contribution in [-0.2, 0) is 12.5 Å². The molecule has 25 heavy (non-hydrogen) atoms. The first-order chi connectivity index (χ1) is 11.9. The molecule has 6 nitrogen and oxygen atoms in total. The second-order valence-corrected chi connectivity index (χ2v) is 6.61. The first-order valence-electron chi connectivity index (χ1n) is 7.85. The van der Waals surface area contributed by atoms with Crippen molar-refractivity contribution in [3.8, 4) is 0 Å². The number of aryl methyl sites for hydroxylation is 1. The number of aromatic nitrogens is 5. The Labute approximate surface area is 142 Å². The van der Waals surface area contributed by atoms with Gasteiger partial charge in [-0.1, -0.05) is 26.0 Å². The molecule has 0 aliphatic rings. The fourth-order valence-corrected chi connectivity index (χ4v) is 3.04. The third-order valence-electron chi connectivity index (χ3n) is 4.77. The molecule has 0 atom stereocenters. The number of hydrogen-bond acceptors (Lipinski definition) is 4. The summed E-state index contributed by atoms with van der Waals surface area (Å²) in [5.74, 6) is -0.503. The minimum Gasteiger partial charge on any atom is -0.303 e. The molecule has 4 rings (SSSR count). The molecular formula is C18H16FN5O. The van der Waals surface area contributed by atoms with Gasteiger partial charge in [-0.05, 0) is 29.3 Å². The van der Waals surface area contributed by atoms with Crippen LogP contribution in [0.15, 0.2) is 41.3 Å². The van der Waals surface area contributed by atoms with Gasteiger partial charge in [-0.15, -0.1) is 10.2 Å². The minimum absolute atomic E-state index is 0.232. The van der Waals surface area contributed by atoms with E-state index in [4.69, 9.17) is 0 Å². The molecule has 0 spiro atoms. The van der Waals surface area contributed by atoms with E-state index >= 15 is 0 Å². The lowest BCUT2D eigenvalue weighted by molar-refractivity contribution is 0.572. The Kier molecular flexibility index (Phi) is 3.21. The van der Waals surface area contributed by atoms with Crippen LogP contribution in [-0.4, -0.2) is 24.7 Å². The molecule has 0 fully saturated rings. The first-order valence-corrected chi connectivity index (χ1v) is 7.85. The van der Waals surface area contributed by atoms with Gasteiger partial charge in [0, 0.05) is 24.0 Å². The van der Waals surface area contributed by atoms with Crippen molar-refractivity contribution in [2.45, 2.75) is 19.3 Å². The Hall–Kier alpha value is -3.09. The Bertz CT molecular complexity index is 1160. The molecule has 1 N–H and O–H groups in total. The third-order valence-corrected chi connectivity index (χ3v) is 4.77. The van der Waals surface area contributed by atoms with E-state index in [1.807, 2.05) is 32.0 Å². The number of nitrogens with one attached hydrogen (secondary N) is 1. The topological polar surface area (TPSA) is 76.5 Å². The number of benzene rings is 1. The van der Waals surface area contributed by atoms with Gasteiger partial charge in [-0.25, -0.2) is 9.78 Å². The summed E-state index contributed by atoms with van der Waals surface area (Å²) < 4.78 is 14.6. The molecule has 4 aromatic rings. The lowest BCUT2D eigenvalue weighted by Crippen LogP contribution is -2.19. The van der Waals surface area contributed by atoms with Crippen molar-refractivity contribution in [3.05, 3.63) is 64.1 Å². The van der Waals surface area contributed by atoms with Gasteiger partial charge < -0.3 is 4.98 Å². The Morgan fingerprint density at radius 2 is 1.88 bits per heavy atom. The van der Waals surface area contributed by atoms with E-state index in [0.717, 1.165) is 16.5 Å². The number of imidazole rings is 1. The van der Waals surface area contributed by atoms with Gasteiger partial charge in [-0.3, -0.25) is 4.57 Å². The van der Waals surface area contributed by atoms with Crippen molar-refractivity contribution in [1.29, 1.82) is 0 Å². The lowest BCUT2D eigenvalue weighted by atomic mass is 9.78. The summed E-state index contributed by atoms with van der Waals surface area (Å²) in [6.45, 7) is 4.09. The summed E-state index contributed by atoms with van der Waals surface area (Å²) in [6.07, 6.45) is 1.55. The number of hydrogen-bond donors (Lipinski definition) is 1. The van der Waals surface area contributed by atoms with E-state index in [0.29, 0.717) is 16.7 Å². The highest BCUT2D eigenvalue weighted by Crippen LogP contribution is 2.33.